The van der Waals surface area contributed by atoms with Crippen molar-refractivity contribution in [3.63, 3.8) is 0 Å². The highest BCUT2D eigenvalue weighted by Gasteiger charge is 2.45. The van der Waals surface area contributed by atoms with Crippen molar-refractivity contribution in [2.45, 2.75) is 12.1 Å². The van der Waals surface area contributed by atoms with Gasteiger partial charge in [0.2, 0.25) is 5.88 Å². The van der Waals surface area contributed by atoms with E-state index in [0.717, 1.165) is 0 Å². The molecule has 1 rings (SSSR count). The number of alkyl halides is 3. The fourth-order valence-electron chi connectivity index (χ4n) is 1.10. The van der Waals surface area contributed by atoms with E-state index in [1.165, 1.54) is 16.9 Å². The van der Waals surface area contributed by atoms with Gasteiger partial charge in [-0.2, -0.15) is 13.2 Å². The number of aromatic nitrogens is 1. The average molecular weight is 334 g/mol. The van der Waals surface area contributed by atoms with Crippen LogP contribution in [0.2, 0.25) is 5.02 Å². The summed E-state index contributed by atoms with van der Waals surface area (Å²) in [7, 11) is -5.36. The summed E-state index contributed by atoms with van der Waals surface area (Å²) in [5.74, 6) is 0.0843. The van der Waals surface area contributed by atoms with Crippen LogP contribution in [0.25, 0.3) is 0 Å². The van der Waals surface area contributed by atoms with Gasteiger partial charge in [0.25, 0.3) is 0 Å². The molecule has 0 saturated heterocycles. The maximum Gasteiger partial charge on any atom is 0.511 e. The Bertz CT molecular complexity index is 565. The summed E-state index contributed by atoms with van der Waals surface area (Å²) < 4.78 is 63.7. The number of nitrogens with one attached hydrogen (secondary N) is 1. The largest absolute Gasteiger partial charge is 0.511 e. The molecular formula is C9H11ClF3N3O3S. The molecule has 0 aliphatic heterocycles. The SMILES string of the molecule is NCc1nc(OCCNS(=O)(=O)C(F)(F)F)ccc1Cl. The summed E-state index contributed by atoms with van der Waals surface area (Å²) in [6, 6.07) is 2.85. The van der Waals surface area contributed by atoms with E-state index in [1.807, 2.05) is 0 Å². The Morgan fingerprint density at radius 2 is 2.05 bits per heavy atom. The molecule has 0 bridgehead atoms. The zero-order valence-corrected chi connectivity index (χ0v) is 11.5. The summed E-state index contributed by atoms with van der Waals surface area (Å²) in [5.41, 5.74) is 0.372. The van der Waals surface area contributed by atoms with Crippen LogP contribution in [0.4, 0.5) is 13.2 Å². The molecule has 11 heteroatoms. The molecule has 1 aromatic rings. The molecule has 0 aromatic carbocycles. The Labute approximate surface area is 118 Å². The van der Waals surface area contributed by atoms with Crippen molar-refractivity contribution < 1.29 is 26.3 Å². The molecule has 6 nitrogen and oxygen atoms in total. The van der Waals surface area contributed by atoms with Crippen LogP contribution in [0.5, 0.6) is 5.88 Å². The van der Waals surface area contributed by atoms with Crippen molar-refractivity contribution in [2.24, 2.45) is 5.73 Å². The molecule has 1 aromatic heterocycles. The number of hydrogen-bond donors (Lipinski definition) is 2. The maximum atomic E-state index is 12.0. The molecule has 0 amide bonds. The summed E-state index contributed by atoms with van der Waals surface area (Å²) in [5, 5.41) is 0.331. The molecule has 114 valence electrons. The Balaban J connectivity index is 2.50. The Hall–Kier alpha value is -1.10. The molecule has 0 unspecified atom stereocenters. The second-order valence-electron chi connectivity index (χ2n) is 3.47. The minimum Gasteiger partial charge on any atom is -0.476 e. The van der Waals surface area contributed by atoms with Gasteiger partial charge in [-0.05, 0) is 6.07 Å². The number of halogens is 4. The predicted octanol–water partition coefficient (Wildman–Crippen LogP) is 1.01. The first-order valence-corrected chi connectivity index (χ1v) is 7.07. The quantitative estimate of drug-likeness (QED) is 0.758. The molecule has 0 radical (unpaired) electrons. The molecule has 0 aliphatic carbocycles. The Morgan fingerprint density at radius 3 is 2.60 bits per heavy atom. The van der Waals surface area contributed by atoms with E-state index >= 15 is 0 Å². The van der Waals surface area contributed by atoms with Gasteiger partial charge in [-0.15, -0.1) is 0 Å². The predicted molar refractivity (Wildman–Crippen MR) is 65.6 cm³/mol. The molecule has 20 heavy (non-hydrogen) atoms. The standard InChI is InChI=1S/C9H11ClF3N3O3S/c10-6-1-2-8(16-7(6)5-14)19-4-3-15-20(17,18)9(11,12)13/h1-2,15H,3-5,14H2. The van der Waals surface area contributed by atoms with E-state index in [-0.39, 0.29) is 19.0 Å². The lowest BCUT2D eigenvalue weighted by Gasteiger charge is -2.10. The van der Waals surface area contributed by atoms with Crippen LogP contribution in [0.3, 0.4) is 0 Å². The van der Waals surface area contributed by atoms with Gasteiger partial charge >= 0.3 is 15.5 Å². The highest BCUT2D eigenvalue weighted by Crippen LogP contribution is 2.21. The molecule has 0 atom stereocenters. The lowest BCUT2D eigenvalue weighted by Crippen LogP contribution is -2.38. The van der Waals surface area contributed by atoms with Gasteiger partial charge in [0.05, 0.1) is 10.7 Å². The van der Waals surface area contributed by atoms with Crippen LogP contribution < -0.4 is 15.2 Å². The smallest absolute Gasteiger partial charge is 0.476 e. The highest BCUT2D eigenvalue weighted by atomic mass is 35.5. The van der Waals surface area contributed by atoms with E-state index < -0.39 is 22.1 Å². The lowest BCUT2D eigenvalue weighted by molar-refractivity contribution is -0.0448. The highest BCUT2D eigenvalue weighted by molar-refractivity contribution is 7.90. The minimum absolute atomic E-state index is 0.0662. The van der Waals surface area contributed by atoms with Crippen molar-refractivity contribution in [2.75, 3.05) is 13.2 Å². The van der Waals surface area contributed by atoms with Crippen LogP contribution >= 0.6 is 11.6 Å². The van der Waals surface area contributed by atoms with Crippen LogP contribution in [0, 0.1) is 0 Å². The maximum absolute atomic E-state index is 12.0. The molecule has 0 spiro atoms. The summed E-state index contributed by atoms with van der Waals surface area (Å²) in [4.78, 5) is 3.89. The van der Waals surface area contributed by atoms with Crippen molar-refractivity contribution in [1.29, 1.82) is 0 Å². The van der Waals surface area contributed by atoms with E-state index in [4.69, 9.17) is 22.1 Å². The average Bonchev–Trinajstić information content (AvgIpc) is 2.35. The first kappa shape index (κ1) is 17.0. The number of hydrogen-bond acceptors (Lipinski definition) is 5. The van der Waals surface area contributed by atoms with Crippen molar-refractivity contribution in [3.8, 4) is 5.88 Å². The number of rotatable bonds is 6. The third-order valence-electron chi connectivity index (χ3n) is 2.04. The van der Waals surface area contributed by atoms with Crippen molar-refractivity contribution in [1.82, 2.24) is 9.71 Å². The minimum atomic E-state index is -5.36. The van der Waals surface area contributed by atoms with Gasteiger partial charge in [0.1, 0.15) is 6.61 Å². The zero-order chi connectivity index (χ0) is 15.4. The number of sulfonamides is 1. The third kappa shape index (κ3) is 4.47. The lowest BCUT2D eigenvalue weighted by atomic mass is 10.3. The second-order valence-corrected chi connectivity index (χ2v) is 5.64. The van der Waals surface area contributed by atoms with E-state index in [2.05, 4.69) is 4.98 Å². The first-order chi connectivity index (χ1) is 9.17. The second kappa shape index (κ2) is 6.57. The van der Waals surface area contributed by atoms with Crippen LogP contribution in [-0.2, 0) is 16.6 Å². The topological polar surface area (TPSA) is 94.3 Å². The van der Waals surface area contributed by atoms with Gasteiger partial charge < -0.3 is 10.5 Å². The Kier molecular flexibility index (Phi) is 5.57. The summed E-state index contributed by atoms with van der Waals surface area (Å²) in [6.07, 6.45) is 0. The van der Waals surface area contributed by atoms with Crippen molar-refractivity contribution >= 4 is 21.6 Å². The molecule has 3 N–H and O–H groups in total. The van der Waals surface area contributed by atoms with Gasteiger partial charge in [0.15, 0.2) is 0 Å². The third-order valence-corrected chi connectivity index (χ3v) is 3.57. The number of ether oxygens (including phenoxy) is 1. The zero-order valence-electron chi connectivity index (χ0n) is 9.95. The monoisotopic (exact) mass is 333 g/mol. The van der Waals surface area contributed by atoms with E-state index in [1.54, 1.807) is 0 Å². The summed E-state index contributed by atoms with van der Waals surface area (Å²) >= 11 is 5.75. The first-order valence-electron chi connectivity index (χ1n) is 5.21. The molecule has 1 heterocycles. The van der Waals surface area contributed by atoms with Crippen LogP contribution in [-0.4, -0.2) is 32.1 Å². The fraction of sp³-hybridized carbons (Fsp3) is 0.444. The van der Waals surface area contributed by atoms with E-state index in [9.17, 15) is 21.6 Å². The molecule has 0 fully saturated rings. The van der Waals surface area contributed by atoms with Gasteiger partial charge in [0, 0.05) is 19.2 Å². The normalized spacial score (nSPS) is 12.4. The van der Waals surface area contributed by atoms with Gasteiger partial charge in [-0.25, -0.2) is 18.1 Å². The Morgan fingerprint density at radius 1 is 1.40 bits per heavy atom. The molecular weight excluding hydrogens is 323 g/mol. The van der Waals surface area contributed by atoms with Gasteiger partial charge in [-0.3, -0.25) is 0 Å². The molecule has 0 aliphatic rings. The number of nitrogens with zero attached hydrogens (tertiary/aromatic N) is 1. The van der Waals surface area contributed by atoms with Gasteiger partial charge in [-0.1, -0.05) is 11.6 Å². The van der Waals surface area contributed by atoms with Crippen LogP contribution in [0.1, 0.15) is 5.69 Å². The molecule has 0 saturated carbocycles. The number of nitrogens with two attached hydrogens (primary N) is 1. The van der Waals surface area contributed by atoms with Crippen LogP contribution in [0.15, 0.2) is 12.1 Å². The fourth-order valence-corrected chi connectivity index (χ4v) is 1.80. The van der Waals surface area contributed by atoms with E-state index in [0.29, 0.717) is 10.7 Å². The summed E-state index contributed by atoms with van der Waals surface area (Å²) in [6.45, 7) is -0.811. The number of pyridine rings is 1. The van der Waals surface area contributed by atoms with Crippen molar-refractivity contribution in [3.05, 3.63) is 22.8 Å².